The van der Waals surface area contributed by atoms with Gasteiger partial charge in [-0.25, -0.2) is 0 Å². The van der Waals surface area contributed by atoms with Crippen molar-refractivity contribution in [1.29, 1.82) is 0 Å². The molecule has 1 heterocycles. The van der Waals surface area contributed by atoms with Gasteiger partial charge >= 0.3 is 0 Å². The number of aromatic nitrogens is 1. The molecule has 0 aliphatic carbocycles. The number of aryl methyl sites for hydroxylation is 1. The van der Waals surface area contributed by atoms with E-state index in [-0.39, 0.29) is 0 Å². The van der Waals surface area contributed by atoms with Crippen molar-refractivity contribution < 1.29 is 5.11 Å². The van der Waals surface area contributed by atoms with Crippen molar-refractivity contribution in [1.82, 2.24) is 4.98 Å². The molecule has 0 saturated heterocycles. The Morgan fingerprint density at radius 1 is 1.00 bits per heavy atom. The number of benzene rings is 2. The van der Waals surface area contributed by atoms with Crippen LogP contribution in [0.3, 0.4) is 0 Å². The van der Waals surface area contributed by atoms with Crippen molar-refractivity contribution in [3.63, 3.8) is 0 Å². The van der Waals surface area contributed by atoms with Crippen molar-refractivity contribution in [3.8, 4) is 0 Å². The van der Waals surface area contributed by atoms with Crippen LogP contribution < -0.4 is 0 Å². The van der Waals surface area contributed by atoms with Gasteiger partial charge in [-0.2, -0.15) is 0 Å². The molecule has 1 aromatic heterocycles. The van der Waals surface area contributed by atoms with Gasteiger partial charge in [0.1, 0.15) is 6.10 Å². The van der Waals surface area contributed by atoms with Crippen LogP contribution in [0.5, 0.6) is 0 Å². The highest BCUT2D eigenvalue weighted by molar-refractivity contribution is 5.83. The molecular formula is C17H15NO. The highest BCUT2D eigenvalue weighted by Crippen LogP contribution is 2.26. The molecular weight excluding hydrogens is 234 g/mol. The summed E-state index contributed by atoms with van der Waals surface area (Å²) >= 11 is 0. The Bertz CT molecular complexity index is 721. The summed E-state index contributed by atoms with van der Waals surface area (Å²) in [7, 11) is 0. The maximum Gasteiger partial charge on any atom is 0.106 e. The molecule has 3 aromatic rings. The van der Waals surface area contributed by atoms with Gasteiger partial charge in [0, 0.05) is 18.0 Å². The molecule has 1 unspecified atom stereocenters. The summed E-state index contributed by atoms with van der Waals surface area (Å²) in [5.41, 5.74) is 2.81. The molecule has 1 atom stereocenters. The normalized spacial score (nSPS) is 12.5. The minimum atomic E-state index is -0.627. The molecule has 3 rings (SSSR count). The Hall–Kier alpha value is -2.19. The maximum atomic E-state index is 10.5. The van der Waals surface area contributed by atoms with Gasteiger partial charge in [-0.15, -0.1) is 0 Å². The van der Waals surface area contributed by atoms with Crippen LogP contribution in [0.4, 0.5) is 0 Å². The smallest absolute Gasteiger partial charge is 0.106 e. The zero-order chi connectivity index (χ0) is 13.2. The van der Waals surface area contributed by atoms with E-state index in [0.29, 0.717) is 0 Å². The Balaban J connectivity index is 2.07. The molecule has 0 bridgehead atoms. The van der Waals surface area contributed by atoms with Crippen LogP contribution in [0.25, 0.3) is 10.8 Å². The molecule has 1 N–H and O–H groups in total. The summed E-state index contributed by atoms with van der Waals surface area (Å²) in [5.74, 6) is 0. The van der Waals surface area contributed by atoms with Crippen molar-refractivity contribution in [2.45, 2.75) is 13.0 Å². The van der Waals surface area contributed by atoms with Crippen LogP contribution in [0, 0.1) is 6.92 Å². The second-order valence-electron chi connectivity index (χ2n) is 4.74. The number of fused-ring (bicyclic) bond motifs is 1. The van der Waals surface area contributed by atoms with E-state index in [1.165, 1.54) is 5.39 Å². The predicted octanol–water partition coefficient (Wildman–Crippen LogP) is 3.62. The summed E-state index contributed by atoms with van der Waals surface area (Å²) in [6.45, 7) is 1.99. The van der Waals surface area contributed by atoms with Crippen LogP contribution in [-0.2, 0) is 0 Å². The van der Waals surface area contributed by atoms with Gasteiger partial charge in [-0.3, -0.25) is 4.98 Å². The lowest BCUT2D eigenvalue weighted by Crippen LogP contribution is -2.02. The number of hydrogen-bond acceptors (Lipinski definition) is 2. The molecule has 2 heteroatoms. The lowest BCUT2D eigenvalue weighted by atomic mass is 9.97. The topological polar surface area (TPSA) is 33.1 Å². The van der Waals surface area contributed by atoms with E-state index in [0.717, 1.165) is 22.1 Å². The van der Waals surface area contributed by atoms with Crippen molar-refractivity contribution in [2.75, 3.05) is 0 Å². The SMILES string of the molecule is Cc1ccncc1C(O)c1ccc2ccccc2c1. The second kappa shape index (κ2) is 4.82. The number of aliphatic hydroxyl groups excluding tert-OH is 1. The Labute approximate surface area is 112 Å². The first-order valence-corrected chi connectivity index (χ1v) is 6.33. The van der Waals surface area contributed by atoms with Gasteiger partial charge < -0.3 is 5.11 Å². The van der Waals surface area contributed by atoms with E-state index in [2.05, 4.69) is 17.1 Å². The third kappa shape index (κ3) is 2.23. The van der Waals surface area contributed by atoms with Crippen LogP contribution in [0.2, 0.25) is 0 Å². The monoisotopic (exact) mass is 249 g/mol. The highest BCUT2D eigenvalue weighted by atomic mass is 16.3. The summed E-state index contributed by atoms with van der Waals surface area (Å²) in [6.07, 6.45) is 2.85. The van der Waals surface area contributed by atoms with E-state index in [9.17, 15) is 5.11 Å². The molecule has 0 amide bonds. The van der Waals surface area contributed by atoms with Crippen LogP contribution >= 0.6 is 0 Å². The number of aliphatic hydroxyl groups is 1. The average molecular weight is 249 g/mol. The zero-order valence-electron chi connectivity index (χ0n) is 10.7. The first-order chi connectivity index (χ1) is 9.25. The molecule has 0 aliphatic heterocycles. The lowest BCUT2D eigenvalue weighted by molar-refractivity contribution is 0.219. The fourth-order valence-electron chi connectivity index (χ4n) is 2.32. The first-order valence-electron chi connectivity index (χ1n) is 6.33. The number of rotatable bonds is 2. The molecule has 2 aromatic carbocycles. The van der Waals surface area contributed by atoms with Crippen molar-refractivity contribution >= 4 is 10.8 Å². The van der Waals surface area contributed by atoms with E-state index in [1.54, 1.807) is 12.4 Å². The quantitative estimate of drug-likeness (QED) is 0.752. The van der Waals surface area contributed by atoms with Gasteiger partial charge in [-0.1, -0.05) is 36.4 Å². The Kier molecular flexibility index (Phi) is 3.02. The van der Waals surface area contributed by atoms with Crippen molar-refractivity contribution in [2.24, 2.45) is 0 Å². The standard InChI is InChI=1S/C17H15NO/c1-12-8-9-18-11-16(12)17(19)15-7-6-13-4-2-3-5-14(13)10-15/h2-11,17,19H,1H3. The predicted molar refractivity (Wildman–Crippen MR) is 77.0 cm³/mol. The summed E-state index contributed by atoms with van der Waals surface area (Å²) < 4.78 is 0. The van der Waals surface area contributed by atoms with E-state index < -0.39 is 6.10 Å². The van der Waals surface area contributed by atoms with E-state index in [4.69, 9.17) is 0 Å². The van der Waals surface area contributed by atoms with Crippen molar-refractivity contribution in [3.05, 3.63) is 77.6 Å². The molecule has 0 aliphatic rings. The lowest BCUT2D eigenvalue weighted by Gasteiger charge is -2.14. The number of hydrogen-bond donors (Lipinski definition) is 1. The summed E-state index contributed by atoms with van der Waals surface area (Å²) in [4.78, 5) is 4.09. The summed E-state index contributed by atoms with van der Waals surface area (Å²) in [5, 5.41) is 12.8. The molecule has 0 fully saturated rings. The second-order valence-corrected chi connectivity index (χ2v) is 4.74. The average Bonchev–Trinajstić information content (AvgIpc) is 2.46. The van der Waals surface area contributed by atoms with E-state index >= 15 is 0 Å². The molecule has 2 nitrogen and oxygen atoms in total. The molecule has 19 heavy (non-hydrogen) atoms. The van der Waals surface area contributed by atoms with Gasteiger partial charge in [-0.05, 0) is 41.0 Å². The molecule has 0 spiro atoms. The van der Waals surface area contributed by atoms with Crippen LogP contribution in [0.15, 0.2) is 60.9 Å². The molecule has 0 saturated carbocycles. The van der Waals surface area contributed by atoms with Crippen LogP contribution in [0.1, 0.15) is 22.8 Å². The summed E-state index contributed by atoms with van der Waals surface area (Å²) in [6, 6.07) is 16.1. The highest BCUT2D eigenvalue weighted by Gasteiger charge is 2.13. The zero-order valence-corrected chi connectivity index (χ0v) is 10.7. The third-order valence-electron chi connectivity index (χ3n) is 3.46. The maximum absolute atomic E-state index is 10.5. The van der Waals surface area contributed by atoms with Gasteiger partial charge in [0.05, 0.1) is 0 Å². The van der Waals surface area contributed by atoms with Crippen LogP contribution in [-0.4, -0.2) is 10.1 Å². The number of pyridine rings is 1. The first kappa shape index (κ1) is 11.9. The minimum Gasteiger partial charge on any atom is -0.384 e. The fraction of sp³-hybridized carbons (Fsp3) is 0.118. The van der Waals surface area contributed by atoms with Gasteiger partial charge in [0.25, 0.3) is 0 Å². The Morgan fingerprint density at radius 2 is 1.79 bits per heavy atom. The molecule has 94 valence electrons. The largest absolute Gasteiger partial charge is 0.384 e. The van der Waals surface area contributed by atoms with Gasteiger partial charge in [0.2, 0.25) is 0 Å². The minimum absolute atomic E-state index is 0.627. The Morgan fingerprint density at radius 3 is 2.58 bits per heavy atom. The molecule has 0 radical (unpaired) electrons. The van der Waals surface area contributed by atoms with Gasteiger partial charge in [0.15, 0.2) is 0 Å². The third-order valence-corrected chi connectivity index (χ3v) is 3.46. The van der Waals surface area contributed by atoms with E-state index in [1.807, 2.05) is 43.3 Å². The number of nitrogens with zero attached hydrogens (tertiary/aromatic N) is 1. The fourth-order valence-corrected chi connectivity index (χ4v) is 2.32.